The van der Waals surface area contributed by atoms with Crippen LogP contribution in [0.25, 0.3) is 11.0 Å². The first-order valence-corrected chi connectivity index (χ1v) is 10.1. The number of amides is 2. The zero-order valence-corrected chi connectivity index (χ0v) is 17.1. The molecular formula is C23H24N4O3. The molecular weight excluding hydrogens is 380 g/mol. The molecule has 3 aromatic rings. The van der Waals surface area contributed by atoms with E-state index in [9.17, 15) is 14.7 Å². The number of carbonyl (C=O) groups is 2. The second kappa shape index (κ2) is 8.10. The average Bonchev–Trinajstić information content (AvgIpc) is 3.00. The number of rotatable bonds is 2. The van der Waals surface area contributed by atoms with Gasteiger partial charge in [0.15, 0.2) is 0 Å². The lowest BCUT2D eigenvalue weighted by atomic mass is 10.1. The molecule has 0 radical (unpaired) electrons. The maximum absolute atomic E-state index is 13.1. The monoisotopic (exact) mass is 404 g/mol. The lowest BCUT2D eigenvalue weighted by Crippen LogP contribution is -2.37. The molecule has 0 saturated carbocycles. The highest BCUT2D eigenvalue weighted by Gasteiger charge is 2.25. The Bertz CT molecular complexity index is 1130. The van der Waals surface area contributed by atoms with Gasteiger partial charge in [-0.3, -0.25) is 9.59 Å². The summed E-state index contributed by atoms with van der Waals surface area (Å²) >= 11 is 0. The highest BCUT2D eigenvalue weighted by atomic mass is 16.3. The van der Waals surface area contributed by atoms with E-state index in [4.69, 9.17) is 0 Å². The van der Waals surface area contributed by atoms with Crippen LogP contribution >= 0.6 is 0 Å². The van der Waals surface area contributed by atoms with E-state index in [1.807, 2.05) is 19.9 Å². The molecule has 7 heteroatoms. The van der Waals surface area contributed by atoms with Crippen molar-refractivity contribution < 1.29 is 14.7 Å². The first kappa shape index (κ1) is 19.8. The third kappa shape index (κ3) is 3.83. The van der Waals surface area contributed by atoms with E-state index < -0.39 is 0 Å². The van der Waals surface area contributed by atoms with Gasteiger partial charge in [-0.25, -0.2) is 9.97 Å². The molecule has 2 aromatic carbocycles. The highest BCUT2D eigenvalue weighted by Crippen LogP contribution is 2.20. The van der Waals surface area contributed by atoms with Gasteiger partial charge in [0.2, 0.25) is 0 Å². The van der Waals surface area contributed by atoms with Crippen LogP contribution in [0.3, 0.4) is 0 Å². The van der Waals surface area contributed by atoms with E-state index in [0.717, 1.165) is 16.9 Å². The van der Waals surface area contributed by atoms with Gasteiger partial charge in [0.05, 0.1) is 28.0 Å². The summed E-state index contributed by atoms with van der Waals surface area (Å²) in [6.45, 7) is 5.79. The Labute approximate surface area is 175 Å². The maximum Gasteiger partial charge on any atom is 0.257 e. The molecule has 1 aromatic heterocycles. The van der Waals surface area contributed by atoms with Crippen LogP contribution in [0, 0.1) is 13.8 Å². The van der Waals surface area contributed by atoms with Gasteiger partial charge >= 0.3 is 0 Å². The molecule has 1 fully saturated rings. The van der Waals surface area contributed by atoms with Crippen LogP contribution in [-0.4, -0.2) is 62.9 Å². The number of aryl methyl sites for hydroxylation is 2. The number of benzene rings is 2. The standard InChI is InChI=1S/C23H24N4O3/c1-15-16(2)25-20-14-17(8-9-19(20)24-15)22(29)26-10-5-11-27(13-12-26)23(30)18-6-3-4-7-21(18)28/h3-4,6-9,14,28H,5,10-13H2,1-2H3. The molecule has 2 heterocycles. The first-order valence-electron chi connectivity index (χ1n) is 10.1. The quantitative estimate of drug-likeness (QED) is 0.710. The number of phenolic OH excluding ortho intramolecular Hbond substituents is 1. The van der Waals surface area contributed by atoms with E-state index in [0.29, 0.717) is 43.7 Å². The zero-order valence-electron chi connectivity index (χ0n) is 17.1. The molecule has 1 saturated heterocycles. The SMILES string of the molecule is Cc1nc2ccc(C(=O)N3CCCN(C(=O)c4ccccc4O)CC3)cc2nc1C. The van der Waals surface area contributed by atoms with Gasteiger partial charge in [-0.15, -0.1) is 0 Å². The van der Waals surface area contributed by atoms with Crippen molar-refractivity contribution in [2.75, 3.05) is 26.2 Å². The second-order valence-electron chi connectivity index (χ2n) is 7.55. The minimum absolute atomic E-state index is 0.0255. The number of aromatic hydroxyl groups is 1. The van der Waals surface area contributed by atoms with Gasteiger partial charge in [-0.1, -0.05) is 12.1 Å². The summed E-state index contributed by atoms with van der Waals surface area (Å²) in [7, 11) is 0. The third-order valence-electron chi connectivity index (χ3n) is 5.53. The van der Waals surface area contributed by atoms with E-state index in [-0.39, 0.29) is 23.1 Å². The Hall–Kier alpha value is -3.48. The van der Waals surface area contributed by atoms with Crippen molar-refractivity contribution in [3.8, 4) is 5.75 Å². The topological polar surface area (TPSA) is 86.6 Å². The second-order valence-corrected chi connectivity index (χ2v) is 7.55. The lowest BCUT2D eigenvalue weighted by Gasteiger charge is -2.22. The Balaban J connectivity index is 1.50. The Morgan fingerprint density at radius 3 is 2.17 bits per heavy atom. The number of aromatic nitrogens is 2. The van der Waals surface area contributed by atoms with Crippen LogP contribution in [0.5, 0.6) is 5.75 Å². The molecule has 0 unspecified atom stereocenters. The Morgan fingerprint density at radius 1 is 0.833 bits per heavy atom. The fourth-order valence-corrected chi connectivity index (χ4v) is 3.69. The summed E-state index contributed by atoms with van der Waals surface area (Å²) in [4.78, 5) is 38.4. The fraction of sp³-hybridized carbons (Fsp3) is 0.304. The van der Waals surface area contributed by atoms with E-state index in [2.05, 4.69) is 9.97 Å². The lowest BCUT2D eigenvalue weighted by molar-refractivity contribution is 0.0717. The minimum Gasteiger partial charge on any atom is -0.507 e. The fourth-order valence-electron chi connectivity index (χ4n) is 3.69. The first-order chi connectivity index (χ1) is 14.4. The van der Waals surface area contributed by atoms with Crippen molar-refractivity contribution in [1.82, 2.24) is 19.8 Å². The van der Waals surface area contributed by atoms with Crippen LogP contribution in [0.1, 0.15) is 38.5 Å². The molecule has 0 bridgehead atoms. The van der Waals surface area contributed by atoms with Gasteiger partial charge in [0.25, 0.3) is 11.8 Å². The number of nitrogens with zero attached hydrogens (tertiary/aromatic N) is 4. The van der Waals surface area contributed by atoms with Crippen molar-refractivity contribution in [2.24, 2.45) is 0 Å². The van der Waals surface area contributed by atoms with Gasteiger partial charge < -0.3 is 14.9 Å². The van der Waals surface area contributed by atoms with Gasteiger partial charge in [0, 0.05) is 31.7 Å². The number of carbonyl (C=O) groups excluding carboxylic acids is 2. The summed E-state index contributed by atoms with van der Waals surface area (Å²) in [5.74, 6) is -0.314. The van der Waals surface area contributed by atoms with Crippen molar-refractivity contribution in [1.29, 1.82) is 0 Å². The predicted octanol–water partition coefficient (Wildman–Crippen LogP) is 2.94. The molecule has 1 aliphatic heterocycles. The summed E-state index contributed by atoms with van der Waals surface area (Å²) in [6.07, 6.45) is 0.677. The molecule has 154 valence electrons. The largest absolute Gasteiger partial charge is 0.507 e. The normalized spacial score (nSPS) is 14.6. The molecule has 7 nitrogen and oxygen atoms in total. The molecule has 2 amide bonds. The summed E-state index contributed by atoms with van der Waals surface area (Å²) in [5.41, 5.74) is 4.06. The highest BCUT2D eigenvalue weighted by molar-refractivity contribution is 5.98. The molecule has 30 heavy (non-hydrogen) atoms. The van der Waals surface area contributed by atoms with Crippen LogP contribution in [0.15, 0.2) is 42.5 Å². The smallest absolute Gasteiger partial charge is 0.257 e. The van der Waals surface area contributed by atoms with Crippen LogP contribution in [0.2, 0.25) is 0 Å². The number of phenols is 1. The molecule has 4 rings (SSSR count). The van der Waals surface area contributed by atoms with Gasteiger partial charge in [-0.2, -0.15) is 0 Å². The van der Waals surface area contributed by atoms with E-state index in [1.54, 1.807) is 40.1 Å². The number of hydrogen-bond acceptors (Lipinski definition) is 5. The predicted molar refractivity (Wildman–Crippen MR) is 114 cm³/mol. The average molecular weight is 404 g/mol. The number of para-hydroxylation sites is 1. The van der Waals surface area contributed by atoms with Gasteiger partial charge in [0.1, 0.15) is 5.75 Å². The molecule has 0 atom stereocenters. The Kier molecular flexibility index (Phi) is 5.35. The summed E-state index contributed by atoms with van der Waals surface area (Å²) in [6, 6.07) is 11.9. The Morgan fingerprint density at radius 2 is 1.47 bits per heavy atom. The molecule has 0 spiro atoms. The van der Waals surface area contributed by atoms with E-state index in [1.165, 1.54) is 6.07 Å². The van der Waals surface area contributed by atoms with Crippen LogP contribution < -0.4 is 0 Å². The van der Waals surface area contributed by atoms with Crippen molar-refractivity contribution in [3.63, 3.8) is 0 Å². The van der Waals surface area contributed by atoms with Crippen molar-refractivity contribution in [3.05, 3.63) is 65.0 Å². The molecule has 1 aliphatic rings. The van der Waals surface area contributed by atoms with Crippen molar-refractivity contribution in [2.45, 2.75) is 20.3 Å². The van der Waals surface area contributed by atoms with Gasteiger partial charge in [-0.05, 0) is 50.6 Å². The maximum atomic E-state index is 13.1. The number of fused-ring (bicyclic) bond motifs is 1. The summed E-state index contributed by atoms with van der Waals surface area (Å²) in [5, 5.41) is 9.97. The van der Waals surface area contributed by atoms with Crippen LogP contribution in [0.4, 0.5) is 0 Å². The van der Waals surface area contributed by atoms with Crippen LogP contribution in [-0.2, 0) is 0 Å². The molecule has 1 N–H and O–H groups in total. The molecule has 0 aliphatic carbocycles. The number of hydrogen-bond donors (Lipinski definition) is 1. The minimum atomic E-state index is -0.214. The third-order valence-corrected chi connectivity index (χ3v) is 5.53. The summed E-state index contributed by atoms with van der Waals surface area (Å²) < 4.78 is 0. The van der Waals surface area contributed by atoms with E-state index >= 15 is 0 Å². The van der Waals surface area contributed by atoms with Crippen molar-refractivity contribution >= 4 is 22.8 Å². The zero-order chi connectivity index (χ0) is 21.3.